The van der Waals surface area contributed by atoms with E-state index in [0.717, 1.165) is 47.2 Å². The first-order chi connectivity index (χ1) is 14.7. The van der Waals surface area contributed by atoms with Crippen molar-refractivity contribution in [2.75, 3.05) is 0 Å². The highest BCUT2D eigenvalue weighted by Gasteiger charge is 2.23. The number of nitrogens with zero attached hydrogens (tertiary/aromatic N) is 5. The van der Waals surface area contributed by atoms with Crippen LogP contribution < -0.4 is 0 Å². The number of hydrogen-bond acceptors (Lipinski definition) is 6. The Labute approximate surface area is 175 Å². The molecule has 7 heteroatoms. The molecule has 7 nitrogen and oxygen atoms in total. The topological polar surface area (TPSA) is 89.9 Å². The fourth-order valence-electron chi connectivity index (χ4n) is 3.64. The monoisotopic (exact) mass is 403 g/mol. The van der Waals surface area contributed by atoms with Crippen molar-refractivity contribution in [2.45, 2.75) is 45.8 Å². The Morgan fingerprint density at radius 3 is 2.47 bits per heavy atom. The Hall–Kier alpha value is -3.32. The minimum atomic E-state index is 0.00259. The average Bonchev–Trinajstić information content (AvgIpc) is 3.45. The fourth-order valence-corrected chi connectivity index (χ4v) is 3.64. The lowest BCUT2D eigenvalue weighted by molar-refractivity contribution is 0.282. The average molecular weight is 403 g/mol. The van der Waals surface area contributed by atoms with Crippen LogP contribution in [0.4, 0.5) is 0 Å². The van der Waals surface area contributed by atoms with E-state index < -0.39 is 0 Å². The summed E-state index contributed by atoms with van der Waals surface area (Å²) in [6, 6.07) is 11.7. The third-order valence-electron chi connectivity index (χ3n) is 5.24. The Morgan fingerprint density at radius 1 is 1.03 bits per heavy atom. The Balaban J connectivity index is 1.77. The van der Waals surface area contributed by atoms with Crippen molar-refractivity contribution in [2.24, 2.45) is 0 Å². The number of rotatable bonds is 8. The SMILES string of the molecule is CCCC(CC)n1ncc(-c2nc(-c3ccc(CO)cc3)no2)c1-c1ccncc1. The maximum Gasteiger partial charge on any atom is 0.262 e. The molecule has 1 aromatic carbocycles. The van der Waals surface area contributed by atoms with Crippen molar-refractivity contribution >= 4 is 0 Å². The maximum atomic E-state index is 9.23. The number of aliphatic hydroxyl groups excluding tert-OH is 1. The first kappa shape index (κ1) is 20.0. The number of hydrogen-bond donors (Lipinski definition) is 1. The van der Waals surface area contributed by atoms with E-state index in [4.69, 9.17) is 9.62 Å². The molecule has 0 aliphatic rings. The summed E-state index contributed by atoms with van der Waals surface area (Å²) in [5.74, 6) is 0.934. The molecule has 3 heterocycles. The molecule has 3 aromatic heterocycles. The van der Waals surface area contributed by atoms with Crippen molar-refractivity contribution in [1.29, 1.82) is 0 Å². The second kappa shape index (κ2) is 9.00. The second-order valence-corrected chi connectivity index (χ2v) is 7.22. The zero-order chi connectivity index (χ0) is 20.9. The molecule has 1 atom stereocenters. The Bertz CT molecular complexity index is 1090. The molecular formula is C23H25N5O2. The van der Waals surface area contributed by atoms with Crippen LogP contribution in [0.3, 0.4) is 0 Å². The molecule has 1 N–H and O–H groups in total. The van der Waals surface area contributed by atoms with Crippen LogP contribution in [-0.4, -0.2) is 30.0 Å². The molecule has 0 aliphatic heterocycles. The molecule has 0 fully saturated rings. The first-order valence-electron chi connectivity index (χ1n) is 10.3. The van der Waals surface area contributed by atoms with Crippen molar-refractivity contribution in [3.8, 4) is 34.1 Å². The van der Waals surface area contributed by atoms with Crippen LogP contribution in [0.15, 0.2) is 59.5 Å². The van der Waals surface area contributed by atoms with E-state index in [1.807, 2.05) is 36.4 Å². The van der Waals surface area contributed by atoms with Crippen LogP contribution >= 0.6 is 0 Å². The molecule has 1 unspecified atom stereocenters. The molecular weight excluding hydrogens is 378 g/mol. The van der Waals surface area contributed by atoms with Gasteiger partial charge in [-0.25, -0.2) is 0 Å². The van der Waals surface area contributed by atoms with Crippen LogP contribution in [0.5, 0.6) is 0 Å². The van der Waals surface area contributed by atoms with E-state index in [-0.39, 0.29) is 6.61 Å². The molecule has 0 bridgehead atoms. The normalized spacial score (nSPS) is 12.2. The van der Waals surface area contributed by atoms with Gasteiger partial charge >= 0.3 is 0 Å². The van der Waals surface area contributed by atoms with Gasteiger partial charge in [-0.3, -0.25) is 9.67 Å². The predicted octanol–water partition coefficient (Wildman–Crippen LogP) is 4.91. The van der Waals surface area contributed by atoms with E-state index in [2.05, 4.69) is 33.7 Å². The summed E-state index contributed by atoms with van der Waals surface area (Å²) in [6.45, 7) is 4.37. The molecule has 0 saturated heterocycles. The molecule has 4 aromatic rings. The fraction of sp³-hybridized carbons (Fsp3) is 0.304. The molecule has 4 rings (SSSR count). The van der Waals surface area contributed by atoms with E-state index in [9.17, 15) is 5.11 Å². The Morgan fingerprint density at radius 2 is 1.80 bits per heavy atom. The quantitative estimate of drug-likeness (QED) is 0.450. The van der Waals surface area contributed by atoms with Gasteiger partial charge in [-0.2, -0.15) is 10.1 Å². The van der Waals surface area contributed by atoms with E-state index >= 15 is 0 Å². The first-order valence-corrected chi connectivity index (χ1v) is 10.3. The zero-order valence-corrected chi connectivity index (χ0v) is 17.2. The second-order valence-electron chi connectivity index (χ2n) is 7.22. The minimum Gasteiger partial charge on any atom is -0.392 e. The predicted molar refractivity (Wildman–Crippen MR) is 114 cm³/mol. The molecule has 30 heavy (non-hydrogen) atoms. The summed E-state index contributed by atoms with van der Waals surface area (Å²) in [5, 5.41) is 18.1. The highest BCUT2D eigenvalue weighted by molar-refractivity contribution is 5.77. The van der Waals surface area contributed by atoms with E-state index in [1.165, 1.54) is 0 Å². The third-order valence-corrected chi connectivity index (χ3v) is 5.24. The van der Waals surface area contributed by atoms with Gasteiger partial charge in [0.05, 0.1) is 30.1 Å². The van der Waals surface area contributed by atoms with Crippen molar-refractivity contribution in [3.63, 3.8) is 0 Å². The van der Waals surface area contributed by atoms with Crippen molar-refractivity contribution in [1.82, 2.24) is 24.9 Å². The van der Waals surface area contributed by atoms with Gasteiger partial charge in [0.1, 0.15) is 0 Å². The largest absolute Gasteiger partial charge is 0.392 e. The van der Waals surface area contributed by atoms with Crippen LogP contribution in [0.1, 0.15) is 44.7 Å². The summed E-state index contributed by atoms with van der Waals surface area (Å²) in [5.41, 5.74) is 4.45. The number of benzene rings is 1. The molecule has 0 saturated carbocycles. The number of aliphatic hydroxyl groups is 1. The lowest BCUT2D eigenvalue weighted by Gasteiger charge is -2.18. The van der Waals surface area contributed by atoms with Crippen LogP contribution in [0.25, 0.3) is 34.1 Å². The third kappa shape index (κ3) is 3.89. The zero-order valence-electron chi connectivity index (χ0n) is 17.2. The van der Waals surface area contributed by atoms with Gasteiger partial charge in [0, 0.05) is 23.5 Å². The van der Waals surface area contributed by atoms with Gasteiger partial charge < -0.3 is 9.63 Å². The molecule has 0 aliphatic carbocycles. The highest BCUT2D eigenvalue weighted by atomic mass is 16.5. The summed E-state index contributed by atoms with van der Waals surface area (Å²) in [7, 11) is 0. The van der Waals surface area contributed by atoms with E-state index in [0.29, 0.717) is 17.8 Å². The number of aromatic nitrogens is 5. The maximum absolute atomic E-state index is 9.23. The minimum absolute atomic E-state index is 0.00259. The molecule has 0 radical (unpaired) electrons. The van der Waals surface area contributed by atoms with Gasteiger partial charge in [-0.15, -0.1) is 0 Å². The van der Waals surface area contributed by atoms with Gasteiger partial charge in [0.2, 0.25) is 5.82 Å². The molecule has 154 valence electrons. The van der Waals surface area contributed by atoms with Crippen LogP contribution in [-0.2, 0) is 6.61 Å². The van der Waals surface area contributed by atoms with Gasteiger partial charge in [0.25, 0.3) is 5.89 Å². The summed E-state index contributed by atoms with van der Waals surface area (Å²) in [4.78, 5) is 8.78. The summed E-state index contributed by atoms with van der Waals surface area (Å²) >= 11 is 0. The van der Waals surface area contributed by atoms with Crippen molar-refractivity contribution in [3.05, 3.63) is 60.6 Å². The van der Waals surface area contributed by atoms with Crippen molar-refractivity contribution < 1.29 is 9.63 Å². The smallest absolute Gasteiger partial charge is 0.262 e. The standard InChI is InChI=1S/C23H25N5O2/c1-3-5-19(4-2)28-21(17-10-12-24-13-11-17)20(14-25-28)23-26-22(27-30-23)18-8-6-16(15-29)7-9-18/h6-14,19,29H,3-5,15H2,1-2H3. The summed E-state index contributed by atoms with van der Waals surface area (Å²) in [6.07, 6.45) is 8.47. The lowest BCUT2D eigenvalue weighted by atomic mass is 10.1. The summed E-state index contributed by atoms with van der Waals surface area (Å²) < 4.78 is 7.71. The van der Waals surface area contributed by atoms with Crippen LogP contribution in [0.2, 0.25) is 0 Å². The molecule has 0 amide bonds. The lowest BCUT2D eigenvalue weighted by Crippen LogP contribution is -2.11. The number of pyridine rings is 1. The Kier molecular flexibility index (Phi) is 5.99. The highest BCUT2D eigenvalue weighted by Crippen LogP contribution is 2.35. The van der Waals surface area contributed by atoms with Gasteiger partial charge in [-0.1, -0.05) is 49.7 Å². The molecule has 0 spiro atoms. The van der Waals surface area contributed by atoms with E-state index in [1.54, 1.807) is 18.6 Å². The van der Waals surface area contributed by atoms with Gasteiger partial charge in [0.15, 0.2) is 0 Å². The van der Waals surface area contributed by atoms with Crippen LogP contribution in [0, 0.1) is 0 Å². The van der Waals surface area contributed by atoms with Gasteiger partial charge in [-0.05, 0) is 30.5 Å².